The molecule has 8 atom stereocenters. The first-order chi connectivity index (χ1) is 16.6. The van der Waals surface area contributed by atoms with E-state index in [2.05, 4.69) is 32.2 Å². The van der Waals surface area contributed by atoms with Crippen molar-refractivity contribution in [1.29, 1.82) is 0 Å². The number of hydrogen-bond acceptors (Lipinski definition) is 6. The predicted molar refractivity (Wildman–Crippen MR) is 142 cm³/mol. The number of ether oxygens (including phenoxy) is 1. The van der Waals surface area contributed by atoms with Crippen molar-refractivity contribution in [2.24, 2.45) is 16.7 Å². The van der Waals surface area contributed by atoms with E-state index in [4.69, 9.17) is 4.74 Å². The van der Waals surface area contributed by atoms with Gasteiger partial charge in [-0.15, -0.1) is 0 Å². The Morgan fingerprint density at radius 1 is 1.08 bits per heavy atom. The van der Waals surface area contributed by atoms with Crippen molar-refractivity contribution in [3.05, 3.63) is 23.3 Å². The van der Waals surface area contributed by atoms with Crippen LogP contribution in [0.1, 0.15) is 113 Å². The van der Waals surface area contributed by atoms with E-state index in [1.165, 1.54) is 11.1 Å². The van der Waals surface area contributed by atoms with Gasteiger partial charge in [0, 0.05) is 5.41 Å². The first kappa shape index (κ1) is 29.8. The van der Waals surface area contributed by atoms with Gasteiger partial charge in [0.2, 0.25) is 0 Å². The van der Waals surface area contributed by atoms with Gasteiger partial charge in [-0.05, 0) is 116 Å². The quantitative estimate of drug-likeness (QED) is 0.184. The highest BCUT2D eigenvalue weighted by Gasteiger charge is 2.56. The van der Waals surface area contributed by atoms with Crippen LogP contribution in [0.5, 0.6) is 0 Å². The Bertz CT molecular complexity index is 831. The molecule has 0 amide bonds. The Morgan fingerprint density at radius 2 is 1.75 bits per heavy atom. The fraction of sp³-hybridized carbons (Fsp3) is 0.867. The highest BCUT2D eigenvalue weighted by atomic mass is 17.1. The third-order valence-electron chi connectivity index (χ3n) is 10.4. The van der Waals surface area contributed by atoms with Crippen LogP contribution in [0.4, 0.5) is 0 Å². The molecular weight excluding hydrogens is 456 g/mol. The van der Waals surface area contributed by atoms with Gasteiger partial charge in [-0.2, -0.15) is 0 Å². The molecule has 1 aliphatic heterocycles. The molecule has 0 radical (unpaired) electrons. The van der Waals surface area contributed by atoms with E-state index >= 15 is 0 Å². The molecule has 1 saturated carbocycles. The van der Waals surface area contributed by atoms with E-state index in [0.717, 1.165) is 44.1 Å². The van der Waals surface area contributed by atoms with E-state index in [1.807, 2.05) is 27.7 Å². The third kappa shape index (κ3) is 5.64. The molecule has 2 fully saturated rings. The Balaban J connectivity index is 1.87. The van der Waals surface area contributed by atoms with E-state index < -0.39 is 34.9 Å². The van der Waals surface area contributed by atoms with Crippen LogP contribution in [0.15, 0.2) is 23.3 Å². The van der Waals surface area contributed by atoms with Gasteiger partial charge in [0.1, 0.15) is 6.10 Å². The number of rotatable bonds is 8. The van der Waals surface area contributed by atoms with E-state index in [1.54, 1.807) is 0 Å². The highest BCUT2D eigenvalue weighted by molar-refractivity contribution is 5.26. The number of aliphatic hydroxyl groups excluding tert-OH is 2. The smallest absolute Gasteiger partial charge is 0.113 e. The topological polar surface area (TPSA) is 99.4 Å². The maximum atomic E-state index is 11.6. The summed E-state index contributed by atoms with van der Waals surface area (Å²) in [6.07, 6.45) is 5.96. The van der Waals surface area contributed by atoms with Crippen molar-refractivity contribution in [2.45, 2.75) is 148 Å². The zero-order valence-corrected chi connectivity index (χ0v) is 23.8. The number of aliphatic hydroxyl groups is 3. The first-order valence-electron chi connectivity index (χ1n) is 14.0. The fourth-order valence-corrected chi connectivity index (χ4v) is 7.71. The van der Waals surface area contributed by atoms with E-state index in [-0.39, 0.29) is 17.4 Å². The standard InChI is InChI=1S/C30H52O6/c1-19(2)22(36-34)13-16-28(6)21(20(3)9-12-25(28)32)10-11-23-29(7)17-14-24(31)27(4,5)35-26(29)15-18-30(23,8)33/h22-26,31-34H,1,9-18H2,2-8H3/t22-,23-,24-,25+,26-,28-,29-,30-/m0/s1. The fourth-order valence-electron chi connectivity index (χ4n) is 7.71. The first-order valence-corrected chi connectivity index (χ1v) is 14.0. The van der Waals surface area contributed by atoms with Crippen molar-refractivity contribution < 1.29 is 30.2 Å². The SMILES string of the molecule is C=C(C)[C@H](CC[C@@]1(C)C(CC[C@H]2[C@]3(C)CC[C@H](O)C(C)(C)O[C@H]3CC[C@]2(C)O)=C(C)CC[C@H]1O)OO. The average molecular weight is 509 g/mol. The zero-order valence-electron chi connectivity index (χ0n) is 23.8. The summed E-state index contributed by atoms with van der Waals surface area (Å²) in [5.74, 6) is 0.0115. The lowest BCUT2D eigenvalue weighted by Gasteiger charge is -2.54. The molecule has 36 heavy (non-hydrogen) atoms. The molecule has 0 aromatic heterocycles. The lowest BCUT2D eigenvalue weighted by molar-refractivity contribution is -0.270. The highest BCUT2D eigenvalue weighted by Crippen LogP contribution is 2.56. The zero-order chi connectivity index (χ0) is 27.1. The maximum Gasteiger partial charge on any atom is 0.113 e. The molecule has 6 heteroatoms. The van der Waals surface area contributed by atoms with Crippen molar-refractivity contribution in [3.63, 3.8) is 0 Å². The number of hydrogen-bond donors (Lipinski definition) is 4. The molecule has 4 N–H and O–H groups in total. The molecule has 1 saturated heterocycles. The van der Waals surface area contributed by atoms with E-state index in [0.29, 0.717) is 25.7 Å². The Labute approximate surface area is 218 Å². The lowest BCUT2D eigenvalue weighted by atomic mass is 9.55. The minimum Gasteiger partial charge on any atom is -0.392 e. The van der Waals surface area contributed by atoms with Crippen LogP contribution in [0.2, 0.25) is 0 Å². The molecule has 0 aromatic carbocycles. The van der Waals surface area contributed by atoms with E-state index in [9.17, 15) is 20.6 Å². The number of allylic oxidation sites excluding steroid dienone is 1. The van der Waals surface area contributed by atoms with Crippen molar-refractivity contribution >= 4 is 0 Å². The molecular formula is C30H52O6. The second-order valence-corrected chi connectivity index (χ2v) is 13.5. The van der Waals surface area contributed by atoms with Gasteiger partial charge < -0.3 is 20.1 Å². The summed E-state index contributed by atoms with van der Waals surface area (Å²) in [7, 11) is 0. The van der Waals surface area contributed by atoms with Crippen LogP contribution in [0.3, 0.4) is 0 Å². The Hall–Kier alpha value is -0.760. The van der Waals surface area contributed by atoms with Crippen LogP contribution in [0, 0.1) is 16.7 Å². The second kappa shape index (κ2) is 10.8. The van der Waals surface area contributed by atoms with Crippen LogP contribution in [-0.4, -0.2) is 56.2 Å². The van der Waals surface area contributed by atoms with Gasteiger partial charge in [-0.25, -0.2) is 4.89 Å². The molecule has 0 bridgehead atoms. The Kier molecular flexibility index (Phi) is 8.92. The summed E-state index contributed by atoms with van der Waals surface area (Å²) in [5.41, 5.74) is 1.28. The van der Waals surface area contributed by atoms with Gasteiger partial charge in [-0.1, -0.05) is 31.6 Å². The minimum absolute atomic E-state index is 0.00805. The summed E-state index contributed by atoms with van der Waals surface area (Å²) < 4.78 is 6.55. The van der Waals surface area contributed by atoms with Crippen LogP contribution in [0.25, 0.3) is 0 Å². The van der Waals surface area contributed by atoms with Gasteiger partial charge in [0.05, 0.1) is 29.5 Å². The van der Waals surface area contributed by atoms with Gasteiger partial charge in [-0.3, -0.25) is 5.26 Å². The molecule has 2 aliphatic carbocycles. The summed E-state index contributed by atoms with van der Waals surface area (Å²) in [4.78, 5) is 4.67. The monoisotopic (exact) mass is 508 g/mol. The molecule has 0 aromatic rings. The summed E-state index contributed by atoms with van der Waals surface area (Å²) in [5, 5.41) is 42.9. The molecule has 208 valence electrons. The summed E-state index contributed by atoms with van der Waals surface area (Å²) in [6, 6.07) is 0. The minimum atomic E-state index is -0.817. The Morgan fingerprint density at radius 3 is 2.36 bits per heavy atom. The maximum absolute atomic E-state index is 11.6. The van der Waals surface area contributed by atoms with Crippen molar-refractivity contribution in [1.82, 2.24) is 0 Å². The third-order valence-corrected chi connectivity index (χ3v) is 10.4. The predicted octanol–water partition coefficient (Wildman–Crippen LogP) is 5.94. The summed E-state index contributed by atoms with van der Waals surface area (Å²) in [6.45, 7) is 18.3. The average Bonchev–Trinajstić information content (AvgIpc) is 2.87. The van der Waals surface area contributed by atoms with Crippen LogP contribution in [-0.2, 0) is 9.62 Å². The summed E-state index contributed by atoms with van der Waals surface area (Å²) >= 11 is 0. The largest absolute Gasteiger partial charge is 0.392 e. The molecule has 0 unspecified atom stereocenters. The molecule has 6 nitrogen and oxygen atoms in total. The normalized spacial score (nSPS) is 42.0. The number of fused-ring (bicyclic) bond motifs is 1. The van der Waals surface area contributed by atoms with Gasteiger partial charge in [0.15, 0.2) is 0 Å². The molecule has 0 spiro atoms. The van der Waals surface area contributed by atoms with Crippen LogP contribution < -0.4 is 0 Å². The van der Waals surface area contributed by atoms with Crippen molar-refractivity contribution in [2.75, 3.05) is 0 Å². The lowest BCUT2D eigenvalue weighted by Crippen LogP contribution is -2.56. The molecule has 1 heterocycles. The van der Waals surface area contributed by atoms with Crippen molar-refractivity contribution in [3.8, 4) is 0 Å². The second-order valence-electron chi connectivity index (χ2n) is 13.5. The van der Waals surface area contributed by atoms with Gasteiger partial charge >= 0.3 is 0 Å². The van der Waals surface area contributed by atoms with Crippen LogP contribution >= 0.6 is 0 Å². The molecule has 3 rings (SSSR count). The molecule has 3 aliphatic rings. The van der Waals surface area contributed by atoms with Gasteiger partial charge in [0.25, 0.3) is 0 Å².